The molecule has 0 aromatic rings. The zero-order valence-corrected chi connectivity index (χ0v) is 10.3. The van der Waals surface area contributed by atoms with E-state index >= 15 is 0 Å². The van der Waals surface area contributed by atoms with Crippen molar-refractivity contribution in [2.45, 2.75) is 56.6 Å². The van der Waals surface area contributed by atoms with E-state index in [1.807, 2.05) is 11.8 Å². The van der Waals surface area contributed by atoms with Crippen LogP contribution in [0, 0.1) is 0 Å². The van der Waals surface area contributed by atoms with Gasteiger partial charge in [0.2, 0.25) is 0 Å². The van der Waals surface area contributed by atoms with Gasteiger partial charge >= 0.3 is 0 Å². The lowest BCUT2D eigenvalue weighted by molar-refractivity contribution is 0.0234. The summed E-state index contributed by atoms with van der Waals surface area (Å²) < 4.78 is 0. The van der Waals surface area contributed by atoms with Gasteiger partial charge in [0.1, 0.15) is 0 Å². The lowest BCUT2D eigenvalue weighted by Gasteiger charge is -2.28. The zero-order valence-electron chi connectivity index (χ0n) is 9.50. The summed E-state index contributed by atoms with van der Waals surface area (Å²) in [6, 6.07) is 0.655. The van der Waals surface area contributed by atoms with Crippen molar-refractivity contribution in [3.63, 3.8) is 0 Å². The minimum absolute atomic E-state index is 0.399. The normalized spacial score (nSPS) is 31.4. The fourth-order valence-corrected chi connectivity index (χ4v) is 3.78. The Morgan fingerprint density at radius 1 is 1.20 bits per heavy atom. The Balaban J connectivity index is 1.75. The second-order valence-electron chi connectivity index (χ2n) is 5.08. The fraction of sp³-hybridized carbons (Fsp3) is 1.00. The molecular weight excluding hydrogens is 206 g/mol. The molecule has 1 heterocycles. The first kappa shape index (κ1) is 11.7. The van der Waals surface area contributed by atoms with Crippen molar-refractivity contribution < 1.29 is 5.11 Å². The standard InChI is InChI=1S/C12H23NOS/c14-12(6-3-1-2-4-7-12)10-13-11-5-8-15-9-11/h11,13-14H,1-10H2. The van der Waals surface area contributed by atoms with Crippen molar-refractivity contribution in [2.75, 3.05) is 18.1 Å². The smallest absolute Gasteiger partial charge is 0.0771 e. The Kier molecular flexibility index (Phi) is 4.35. The Bertz CT molecular complexity index is 184. The summed E-state index contributed by atoms with van der Waals surface area (Å²) in [6.45, 7) is 0.818. The van der Waals surface area contributed by atoms with E-state index in [1.165, 1.54) is 43.6 Å². The highest BCUT2D eigenvalue weighted by Crippen LogP contribution is 2.27. The molecule has 88 valence electrons. The molecule has 15 heavy (non-hydrogen) atoms. The van der Waals surface area contributed by atoms with E-state index in [0.29, 0.717) is 6.04 Å². The van der Waals surface area contributed by atoms with Crippen LogP contribution < -0.4 is 5.32 Å². The van der Waals surface area contributed by atoms with Crippen LogP contribution in [-0.2, 0) is 0 Å². The molecular formula is C12H23NOS. The SMILES string of the molecule is OC1(CNC2CCSC2)CCCCCC1. The zero-order chi connectivity index (χ0) is 10.6. The molecule has 1 unspecified atom stereocenters. The minimum Gasteiger partial charge on any atom is -0.389 e. The average Bonchev–Trinajstić information content (AvgIpc) is 2.65. The Morgan fingerprint density at radius 2 is 1.93 bits per heavy atom. The molecule has 0 radical (unpaired) electrons. The number of rotatable bonds is 3. The molecule has 0 bridgehead atoms. The van der Waals surface area contributed by atoms with Gasteiger partial charge in [-0.25, -0.2) is 0 Å². The van der Waals surface area contributed by atoms with Gasteiger partial charge in [0.15, 0.2) is 0 Å². The highest BCUT2D eigenvalue weighted by molar-refractivity contribution is 7.99. The maximum Gasteiger partial charge on any atom is 0.0771 e. The van der Waals surface area contributed by atoms with E-state index in [9.17, 15) is 5.11 Å². The summed E-state index contributed by atoms with van der Waals surface area (Å²) in [5.74, 6) is 2.52. The van der Waals surface area contributed by atoms with Gasteiger partial charge in [-0.15, -0.1) is 0 Å². The van der Waals surface area contributed by atoms with E-state index in [2.05, 4.69) is 5.32 Å². The number of hydrogen-bond acceptors (Lipinski definition) is 3. The Hall–Kier alpha value is 0.270. The van der Waals surface area contributed by atoms with Gasteiger partial charge in [-0.3, -0.25) is 0 Å². The summed E-state index contributed by atoms with van der Waals surface area (Å²) in [6.07, 6.45) is 8.30. The van der Waals surface area contributed by atoms with Crippen LogP contribution in [0.2, 0.25) is 0 Å². The summed E-state index contributed by atoms with van der Waals surface area (Å²) in [4.78, 5) is 0. The van der Waals surface area contributed by atoms with Gasteiger partial charge in [0, 0.05) is 18.3 Å². The quantitative estimate of drug-likeness (QED) is 0.728. The largest absolute Gasteiger partial charge is 0.389 e. The summed E-state index contributed by atoms with van der Waals surface area (Å²) >= 11 is 2.03. The number of aliphatic hydroxyl groups is 1. The van der Waals surface area contributed by atoms with Crippen LogP contribution in [0.1, 0.15) is 44.9 Å². The van der Waals surface area contributed by atoms with Gasteiger partial charge in [-0.05, 0) is 25.0 Å². The van der Waals surface area contributed by atoms with Crippen molar-refractivity contribution in [2.24, 2.45) is 0 Å². The predicted octanol–water partition coefficient (Wildman–Crippen LogP) is 2.17. The molecule has 2 aliphatic rings. The van der Waals surface area contributed by atoms with Crippen LogP contribution in [-0.4, -0.2) is 34.8 Å². The van der Waals surface area contributed by atoms with Crippen LogP contribution >= 0.6 is 11.8 Å². The Labute approximate surface area is 97.2 Å². The van der Waals surface area contributed by atoms with Crippen molar-refractivity contribution >= 4 is 11.8 Å². The van der Waals surface area contributed by atoms with Gasteiger partial charge in [-0.2, -0.15) is 11.8 Å². The van der Waals surface area contributed by atoms with Gasteiger partial charge in [0.05, 0.1) is 5.60 Å². The number of hydrogen-bond donors (Lipinski definition) is 2. The third kappa shape index (κ3) is 3.65. The lowest BCUT2D eigenvalue weighted by atomic mass is 9.94. The van der Waals surface area contributed by atoms with Gasteiger partial charge in [0.25, 0.3) is 0 Å². The highest BCUT2D eigenvalue weighted by atomic mass is 32.2. The molecule has 0 spiro atoms. The lowest BCUT2D eigenvalue weighted by Crippen LogP contribution is -2.44. The molecule has 1 atom stereocenters. The second-order valence-corrected chi connectivity index (χ2v) is 6.23. The molecule has 2 N–H and O–H groups in total. The summed E-state index contributed by atoms with van der Waals surface area (Å²) in [7, 11) is 0. The maximum atomic E-state index is 10.4. The molecule has 1 saturated carbocycles. The van der Waals surface area contributed by atoms with E-state index in [-0.39, 0.29) is 0 Å². The van der Waals surface area contributed by atoms with Crippen LogP contribution in [0.5, 0.6) is 0 Å². The molecule has 1 aliphatic carbocycles. The number of nitrogens with one attached hydrogen (secondary N) is 1. The molecule has 2 rings (SSSR count). The van der Waals surface area contributed by atoms with Gasteiger partial charge < -0.3 is 10.4 Å². The highest BCUT2D eigenvalue weighted by Gasteiger charge is 2.29. The summed E-state index contributed by atoms with van der Waals surface area (Å²) in [5.41, 5.74) is -0.399. The van der Waals surface area contributed by atoms with Crippen molar-refractivity contribution in [1.82, 2.24) is 5.32 Å². The fourth-order valence-electron chi connectivity index (χ4n) is 2.59. The third-order valence-electron chi connectivity index (χ3n) is 3.68. The van der Waals surface area contributed by atoms with Crippen LogP contribution in [0.3, 0.4) is 0 Å². The predicted molar refractivity (Wildman–Crippen MR) is 66.4 cm³/mol. The maximum absolute atomic E-state index is 10.4. The average molecular weight is 229 g/mol. The molecule has 3 heteroatoms. The number of thioether (sulfide) groups is 1. The monoisotopic (exact) mass is 229 g/mol. The van der Waals surface area contributed by atoms with E-state index in [0.717, 1.165) is 19.4 Å². The van der Waals surface area contributed by atoms with Crippen LogP contribution in [0.4, 0.5) is 0 Å². The third-order valence-corrected chi connectivity index (χ3v) is 4.85. The molecule has 2 nitrogen and oxygen atoms in total. The molecule has 1 saturated heterocycles. The topological polar surface area (TPSA) is 32.3 Å². The van der Waals surface area contributed by atoms with E-state index in [4.69, 9.17) is 0 Å². The van der Waals surface area contributed by atoms with Crippen LogP contribution in [0.25, 0.3) is 0 Å². The molecule has 1 aliphatic heterocycles. The molecule has 0 aromatic heterocycles. The van der Waals surface area contributed by atoms with Crippen molar-refractivity contribution in [1.29, 1.82) is 0 Å². The molecule has 0 amide bonds. The first-order valence-corrected chi connectivity index (χ1v) is 7.48. The second kappa shape index (κ2) is 5.55. The van der Waals surface area contributed by atoms with Crippen molar-refractivity contribution in [3.05, 3.63) is 0 Å². The molecule has 0 aromatic carbocycles. The molecule has 2 fully saturated rings. The van der Waals surface area contributed by atoms with E-state index in [1.54, 1.807) is 0 Å². The Morgan fingerprint density at radius 3 is 2.53 bits per heavy atom. The minimum atomic E-state index is -0.399. The first-order chi connectivity index (χ1) is 7.29. The first-order valence-electron chi connectivity index (χ1n) is 6.32. The van der Waals surface area contributed by atoms with Gasteiger partial charge in [-0.1, -0.05) is 25.7 Å². The van der Waals surface area contributed by atoms with E-state index < -0.39 is 5.60 Å². The summed E-state index contributed by atoms with van der Waals surface area (Å²) in [5, 5.41) is 14.0. The van der Waals surface area contributed by atoms with Crippen LogP contribution in [0.15, 0.2) is 0 Å². The van der Waals surface area contributed by atoms with Crippen molar-refractivity contribution in [3.8, 4) is 0 Å².